The van der Waals surface area contributed by atoms with E-state index in [2.05, 4.69) is 35.5 Å². The van der Waals surface area contributed by atoms with E-state index in [0.717, 1.165) is 12.6 Å². The van der Waals surface area contributed by atoms with Crippen molar-refractivity contribution in [2.75, 3.05) is 26.7 Å². The van der Waals surface area contributed by atoms with Crippen LogP contribution in [0.1, 0.15) is 36.0 Å². The smallest absolute Gasteiger partial charge is 0.0104 e. The zero-order valence-electron chi connectivity index (χ0n) is 12.1. The third kappa shape index (κ3) is 3.80. The van der Waals surface area contributed by atoms with Crippen molar-refractivity contribution < 1.29 is 0 Å². The summed E-state index contributed by atoms with van der Waals surface area (Å²) in [7, 11) is 2.24. The second kappa shape index (κ2) is 6.06. The third-order valence-electron chi connectivity index (χ3n) is 4.45. The molecule has 1 fully saturated rings. The minimum atomic E-state index is 0.838. The van der Waals surface area contributed by atoms with Crippen LogP contribution in [0.2, 0.25) is 0 Å². The van der Waals surface area contributed by atoms with Gasteiger partial charge in [0.25, 0.3) is 0 Å². The van der Waals surface area contributed by atoms with Gasteiger partial charge < -0.3 is 10.2 Å². The van der Waals surface area contributed by atoms with Crippen LogP contribution < -0.4 is 5.32 Å². The van der Waals surface area contributed by atoms with Crippen molar-refractivity contribution in [1.82, 2.24) is 10.2 Å². The predicted molar refractivity (Wildman–Crippen MR) is 80.7 cm³/mol. The number of nitrogens with zero attached hydrogens (tertiary/aromatic N) is 1. The summed E-state index contributed by atoms with van der Waals surface area (Å²) in [6.07, 6.45) is 7.91. The Balaban J connectivity index is 1.40. The maximum atomic E-state index is 3.58. The fraction of sp³-hybridized carbons (Fsp3) is 0.647. The molecule has 1 aromatic carbocycles. The maximum absolute atomic E-state index is 3.58. The first kappa shape index (κ1) is 13.1. The van der Waals surface area contributed by atoms with E-state index in [1.165, 1.54) is 57.2 Å². The maximum Gasteiger partial charge on any atom is 0.0104 e. The summed E-state index contributed by atoms with van der Waals surface area (Å²) >= 11 is 0. The summed E-state index contributed by atoms with van der Waals surface area (Å²) in [6.45, 7) is 3.48. The molecule has 0 amide bonds. The highest BCUT2D eigenvalue weighted by Gasteiger charge is 2.19. The summed E-state index contributed by atoms with van der Waals surface area (Å²) in [6, 6.07) is 7.97. The van der Waals surface area contributed by atoms with E-state index in [0.29, 0.717) is 0 Å². The van der Waals surface area contributed by atoms with Gasteiger partial charge in [-0.3, -0.25) is 0 Å². The average molecular weight is 258 g/mol. The van der Waals surface area contributed by atoms with E-state index < -0.39 is 0 Å². The van der Waals surface area contributed by atoms with Gasteiger partial charge in [-0.25, -0.2) is 0 Å². The molecule has 1 aromatic rings. The Hall–Kier alpha value is -0.860. The zero-order chi connectivity index (χ0) is 13.1. The SMILES string of the molecule is CN(CCNC1CC1)CCc1ccc2c(c1)CCC2. The van der Waals surface area contributed by atoms with Gasteiger partial charge in [0.2, 0.25) is 0 Å². The number of benzene rings is 1. The Kier molecular flexibility index (Phi) is 4.19. The number of fused-ring (bicyclic) bond motifs is 1. The quantitative estimate of drug-likeness (QED) is 0.808. The van der Waals surface area contributed by atoms with Gasteiger partial charge >= 0.3 is 0 Å². The fourth-order valence-corrected chi connectivity index (χ4v) is 2.96. The first-order valence-electron chi connectivity index (χ1n) is 7.84. The van der Waals surface area contributed by atoms with Crippen molar-refractivity contribution in [2.45, 2.75) is 44.6 Å². The highest BCUT2D eigenvalue weighted by atomic mass is 15.1. The Morgan fingerprint density at radius 3 is 2.84 bits per heavy atom. The van der Waals surface area contributed by atoms with Gasteiger partial charge in [-0.15, -0.1) is 0 Å². The largest absolute Gasteiger partial charge is 0.313 e. The van der Waals surface area contributed by atoms with E-state index in [1.54, 1.807) is 11.1 Å². The van der Waals surface area contributed by atoms with Gasteiger partial charge in [0.1, 0.15) is 0 Å². The number of likely N-dealkylation sites (N-methyl/N-ethyl adjacent to an activating group) is 1. The molecule has 0 saturated heterocycles. The highest BCUT2D eigenvalue weighted by molar-refractivity contribution is 5.35. The van der Waals surface area contributed by atoms with Crippen molar-refractivity contribution in [1.29, 1.82) is 0 Å². The van der Waals surface area contributed by atoms with Crippen LogP contribution in [0.4, 0.5) is 0 Å². The summed E-state index contributed by atoms with van der Waals surface area (Å²) in [4.78, 5) is 2.45. The number of nitrogens with one attached hydrogen (secondary N) is 1. The molecule has 0 aromatic heterocycles. The van der Waals surface area contributed by atoms with Crippen LogP contribution in [0.25, 0.3) is 0 Å². The summed E-state index contributed by atoms with van der Waals surface area (Å²) < 4.78 is 0. The van der Waals surface area contributed by atoms with Crippen LogP contribution in [0.15, 0.2) is 18.2 Å². The Morgan fingerprint density at radius 2 is 2.00 bits per heavy atom. The minimum absolute atomic E-state index is 0.838. The van der Waals surface area contributed by atoms with Crippen LogP contribution >= 0.6 is 0 Å². The van der Waals surface area contributed by atoms with E-state index >= 15 is 0 Å². The molecule has 0 heterocycles. The predicted octanol–water partition coefficient (Wildman–Crippen LogP) is 2.40. The summed E-state index contributed by atoms with van der Waals surface area (Å²) in [5.41, 5.74) is 4.71. The molecule has 0 radical (unpaired) electrons. The van der Waals surface area contributed by atoms with E-state index in [9.17, 15) is 0 Å². The van der Waals surface area contributed by atoms with Crippen molar-refractivity contribution in [3.05, 3.63) is 34.9 Å². The molecule has 0 atom stereocenters. The highest BCUT2D eigenvalue weighted by Crippen LogP contribution is 2.23. The van der Waals surface area contributed by atoms with Gasteiger partial charge in [-0.05, 0) is 62.3 Å². The lowest BCUT2D eigenvalue weighted by atomic mass is 10.0. The molecule has 2 nitrogen and oxygen atoms in total. The molecule has 1 saturated carbocycles. The zero-order valence-corrected chi connectivity index (χ0v) is 12.1. The number of aryl methyl sites for hydroxylation is 2. The van der Waals surface area contributed by atoms with Crippen LogP contribution in [-0.2, 0) is 19.3 Å². The summed E-state index contributed by atoms with van der Waals surface area (Å²) in [5.74, 6) is 0. The van der Waals surface area contributed by atoms with Crippen LogP contribution in [0.5, 0.6) is 0 Å². The minimum Gasteiger partial charge on any atom is -0.313 e. The Bertz CT molecular complexity index is 423. The molecule has 0 aliphatic heterocycles. The van der Waals surface area contributed by atoms with Crippen LogP contribution in [0, 0.1) is 0 Å². The molecule has 2 heteroatoms. The molecule has 2 aliphatic carbocycles. The molecule has 0 bridgehead atoms. The number of hydrogen-bond donors (Lipinski definition) is 1. The second-order valence-corrected chi connectivity index (χ2v) is 6.24. The molecule has 3 rings (SSSR count). The van der Waals surface area contributed by atoms with Crippen molar-refractivity contribution >= 4 is 0 Å². The van der Waals surface area contributed by atoms with E-state index in [4.69, 9.17) is 0 Å². The Morgan fingerprint density at radius 1 is 1.16 bits per heavy atom. The molecule has 0 unspecified atom stereocenters. The van der Waals surface area contributed by atoms with Gasteiger partial charge in [0, 0.05) is 25.7 Å². The van der Waals surface area contributed by atoms with Crippen molar-refractivity contribution in [3.8, 4) is 0 Å². The standard InChI is InChI=1S/C17H26N2/c1-19(12-10-18-17-7-8-17)11-9-14-5-6-15-3-2-4-16(15)13-14/h5-6,13,17-18H,2-4,7-12H2,1H3. The van der Waals surface area contributed by atoms with Crippen molar-refractivity contribution in [2.24, 2.45) is 0 Å². The molecule has 1 N–H and O–H groups in total. The van der Waals surface area contributed by atoms with E-state index in [-0.39, 0.29) is 0 Å². The molecular formula is C17H26N2. The lowest BCUT2D eigenvalue weighted by Gasteiger charge is -2.17. The van der Waals surface area contributed by atoms with Crippen LogP contribution in [-0.4, -0.2) is 37.6 Å². The topological polar surface area (TPSA) is 15.3 Å². The van der Waals surface area contributed by atoms with Crippen molar-refractivity contribution in [3.63, 3.8) is 0 Å². The van der Waals surface area contributed by atoms with Gasteiger partial charge in [-0.2, -0.15) is 0 Å². The fourth-order valence-electron chi connectivity index (χ4n) is 2.96. The first-order chi connectivity index (χ1) is 9.31. The van der Waals surface area contributed by atoms with E-state index in [1.807, 2.05) is 0 Å². The normalized spacial score (nSPS) is 18.0. The van der Waals surface area contributed by atoms with Crippen LogP contribution in [0.3, 0.4) is 0 Å². The monoisotopic (exact) mass is 258 g/mol. The van der Waals surface area contributed by atoms with Gasteiger partial charge in [0.15, 0.2) is 0 Å². The van der Waals surface area contributed by atoms with Gasteiger partial charge in [0.05, 0.1) is 0 Å². The lowest BCUT2D eigenvalue weighted by Crippen LogP contribution is -2.31. The lowest BCUT2D eigenvalue weighted by molar-refractivity contribution is 0.335. The summed E-state index contributed by atoms with van der Waals surface area (Å²) in [5, 5.41) is 3.58. The molecule has 2 aliphatic rings. The average Bonchev–Trinajstić information content (AvgIpc) is 3.12. The molecule has 104 valence electrons. The van der Waals surface area contributed by atoms with Gasteiger partial charge in [-0.1, -0.05) is 18.2 Å². The molecule has 0 spiro atoms. The second-order valence-electron chi connectivity index (χ2n) is 6.24. The Labute approximate surface area is 117 Å². The first-order valence-corrected chi connectivity index (χ1v) is 7.84. The molecular weight excluding hydrogens is 232 g/mol. The third-order valence-corrected chi connectivity index (χ3v) is 4.45. The number of rotatable bonds is 7. The number of hydrogen-bond acceptors (Lipinski definition) is 2. The molecule has 19 heavy (non-hydrogen) atoms.